The lowest BCUT2D eigenvalue weighted by molar-refractivity contribution is -0.144. The Morgan fingerprint density at radius 2 is 1.69 bits per heavy atom. The molecule has 6 heteroatoms. The number of hydrogen-bond acceptors (Lipinski definition) is 4. The molecule has 32 heavy (non-hydrogen) atoms. The molecule has 0 spiro atoms. The van der Waals surface area contributed by atoms with Gasteiger partial charge in [-0.3, -0.25) is 9.59 Å². The molecule has 1 aliphatic rings. The second-order valence-electron chi connectivity index (χ2n) is 8.67. The van der Waals surface area contributed by atoms with E-state index in [1.165, 1.54) is 6.07 Å². The fraction of sp³-hybridized carbons (Fsp3) is 0.346. The summed E-state index contributed by atoms with van der Waals surface area (Å²) in [5, 5.41) is 13.0. The van der Waals surface area contributed by atoms with Crippen LogP contribution in [-0.2, 0) is 9.59 Å². The second kappa shape index (κ2) is 8.99. The molecule has 1 heterocycles. The zero-order chi connectivity index (χ0) is 22.8. The van der Waals surface area contributed by atoms with E-state index in [2.05, 4.69) is 5.32 Å². The van der Waals surface area contributed by atoms with Crippen LogP contribution in [0, 0.1) is 18.8 Å². The number of hydrogen-bond donors (Lipinski definition) is 2. The van der Waals surface area contributed by atoms with Crippen molar-refractivity contribution in [3.8, 4) is 11.1 Å². The number of nitrogens with one attached hydrogen (secondary N) is 1. The first-order valence-corrected chi connectivity index (χ1v) is 11.0. The minimum absolute atomic E-state index is 0.0588. The highest BCUT2D eigenvalue weighted by Gasteiger charge is 2.30. The van der Waals surface area contributed by atoms with Gasteiger partial charge in [0.1, 0.15) is 5.58 Å². The fourth-order valence-corrected chi connectivity index (χ4v) is 4.56. The van der Waals surface area contributed by atoms with Gasteiger partial charge in [0.2, 0.25) is 5.91 Å². The van der Waals surface area contributed by atoms with Crippen molar-refractivity contribution < 1.29 is 19.1 Å². The first-order chi connectivity index (χ1) is 15.3. The molecule has 0 bridgehead atoms. The van der Waals surface area contributed by atoms with Crippen molar-refractivity contribution in [3.63, 3.8) is 0 Å². The Bertz CT molecular complexity index is 1220. The summed E-state index contributed by atoms with van der Waals surface area (Å²) in [4.78, 5) is 36.1. The number of carboxylic acids is 1. The second-order valence-corrected chi connectivity index (χ2v) is 8.67. The fourth-order valence-electron chi connectivity index (χ4n) is 4.56. The average molecular weight is 434 g/mol. The molecule has 4 rings (SSSR count). The van der Waals surface area contributed by atoms with Gasteiger partial charge in [0.05, 0.1) is 12.0 Å². The molecule has 1 amide bonds. The van der Waals surface area contributed by atoms with Crippen LogP contribution in [0.2, 0.25) is 0 Å². The number of carbonyl (C=O) groups excluding carboxylic acids is 1. The largest absolute Gasteiger partial charge is 0.481 e. The summed E-state index contributed by atoms with van der Waals surface area (Å²) in [7, 11) is 0. The number of fused-ring (bicyclic) bond motifs is 1. The highest BCUT2D eigenvalue weighted by atomic mass is 16.4. The molecule has 6 nitrogen and oxygen atoms in total. The van der Waals surface area contributed by atoms with Gasteiger partial charge in [-0.05, 0) is 62.3 Å². The number of aryl methyl sites for hydroxylation is 1. The highest BCUT2D eigenvalue weighted by molar-refractivity contribution is 5.94. The lowest BCUT2D eigenvalue weighted by Crippen LogP contribution is -2.35. The van der Waals surface area contributed by atoms with Gasteiger partial charge in [0, 0.05) is 22.9 Å². The lowest BCUT2D eigenvalue weighted by atomic mass is 9.81. The predicted octanol–water partition coefficient (Wildman–Crippen LogP) is 4.84. The van der Waals surface area contributed by atoms with Gasteiger partial charge in [-0.15, -0.1) is 0 Å². The van der Waals surface area contributed by atoms with E-state index in [1.54, 1.807) is 0 Å². The quantitative estimate of drug-likeness (QED) is 0.562. The molecule has 2 N–H and O–H groups in total. The maximum Gasteiger partial charge on any atom is 0.336 e. The van der Waals surface area contributed by atoms with Gasteiger partial charge in [-0.2, -0.15) is 0 Å². The highest BCUT2D eigenvalue weighted by Crippen LogP contribution is 2.32. The van der Waals surface area contributed by atoms with E-state index >= 15 is 0 Å². The van der Waals surface area contributed by atoms with Crippen LogP contribution >= 0.6 is 0 Å². The Balaban J connectivity index is 1.55. The monoisotopic (exact) mass is 433 g/mol. The van der Waals surface area contributed by atoms with E-state index in [4.69, 9.17) is 9.52 Å². The summed E-state index contributed by atoms with van der Waals surface area (Å²) in [5.74, 6) is -1.35. The summed E-state index contributed by atoms with van der Waals surface area (Å²) in [6.45, 7) is 3.90. The van der Waals surface area contributed by atoms with Crippen LogP contribution in [-0.4, -0.2) is 17.0 Å². The standard InChI is InChI=1S/C26H27NO5/c1-15-5-3-4-6-20(15)22-14-24(28)32-23-13-19(11-12-21(22)23)16(2)27-25(29)17-7-9-18(10-8-17)26(30)31/h3-6,11-14,16-18H,7-10H2,1-2H3,(H,27,29)(H,30,31). The summed E-state index contributed by atoms with van der Waals surface area (Å²) in [5.41, 5.74) is 3.79. The topological polar surface area (TPSA) is 96.6 Å². The van der Waals surface area contributed by atoms with Crippen molar-refractivity contribution >= 4 is 22.8 Å². The average Bonchev–Trinajstić information content (AvgIpc) is 2.78. The molecule has 2 aromatic carbocycles. The van der Waals surface area contributed by atoms with Gasteiger partial charge >= 0.3 is 11.6 Å². The Kier molecular flexibility index (Phi) is 6.12. The number of aliphatic carboxylic acids is 1. The molecule has 1 fully saturated rings. The molecular formula is C26H27NO5. The van der Waals surface area contributed by atoms with Crippen LogP contribution in [0.5, 0.6) is 0 Å². The van der Waals surface area contributed by atoms with E-state index in [0.717, 1.165) is 27.6 Å². The van der Waals surface area contributed by atoms with Crippen LogP contribution in [0.25, 0.3) is 22.1 Å². The SMILES string of the molecule is Cc1ccccc1-c1cc(=O)oc2cc(C(C)NC(=O)C3CCC(C(=O)O)CC3)ccc12. The van der Waals surface area contributed by atoms with Crippen molar-refractivity contribution in [1.82, 2.24) is 5.32 Å². The number of carbonyl (C=O) groups is 2. The van der Waals surface area contributed by atoms with Crippen LogP contribution in [0.3, 0.4) is 0 Å². The van der Waals surface area contributed by atoms with E-state index in [0.29, 0.717) is 31.3 Å². The van der Waals surface area contributed by atoms with E-state index in [9.17, 15) is 14.4 Å². The van der Waals surface area contributed by atoms with E-state index in [1.807, 2.05) is 56.3 Å². The first-order valence-electron chi connectivity index (χ1n) is 11.0. The Labute approximate surface area is 186 Å². The molecule has 166 valence electrons. The van der Waals surface area contributed by atoms with Gasteiger partial charge in [-0.1, -0.05) is 36.4 Å². The maximum atomic E-state index is 12.7. The van der Waals surface area contributed by atoms with Crippen LogP contribution in [0.4, 0.5) is 0 Å². The molecule has 1 saturated carbocycles. The van der Waals surface area contributed by atoms with Gasteiger partial charge < -0.3 is 14.8 Å². The molecule has 0 aliphatic heterocycles. The molecule has 0 radical (unpaired) electrons. The third-order valence-corrected chi connectivity index (χ3v) is 6.51. The minimum Gasteiger partial charge on any atom is -0.481 e. The molecule has 0 saturated heterocycles. The predicted molar refractivity (Wildman–Crippen MR) is 122 cm³/mol. The minimum atomic E-state index is -0.778. The molecule has 1 aliphatic carbocycles. The maximum absolute atomic E-state index is 12.7. The zero-order valence-corrected chi connectivity index (χ0v) is 18.3. The molecular weight excluding hydrogens is 406 g/mol. The van der Waals surface area contributed by atoms with Gasteiger partial charge in [0.15, 0.2) is 0 Å². The number of carboxylic acid groups (broad SMARTS) is 1. The molecule has 1 unspecified atom stereocenters. The van der Waals surface area contributed by atoms with Crippen molar-refractivity contribution in [2.45, 2.75) is 45.6 Å². The first kappa shape index (κ1) is 21.8. The molecule has 1 aromatic heterocycles. The van der Waals surface area contributed by atoms with Gasteiger partial charge in [0.25, 0.3) is 0 Å². The Morgan fingerprint density at radius 1 is 1.00 bits per heavy atom. The normalized spacial score (nSPS) is 19.4. The Morgan fingerprint density at radius 3 is 2.38 bits per heavy atom. The van der Waals surface area contributed by atoms with Crippen LogP contribution < -0.4 is 10.9 Å². The number of rotatable bonds is 5. The zero-order valence-electron chi connectivity index (χ0n) is 18.3. The van der Waals surface area contributed by atoms with E-state index in [-0.39, 0.29) is 23.8 Å². The van der Waals surface area contributed by atoms with Crippen molar-refractivity contribution in [3.05, 3.63) is 70.1 Å². The lowest BCUT2D eigenvalue weighted by Gasteiger charge is -2.26. The number of benzene rings is 2. The third kappa shape index (κ3) is 4.44. The smallest absolute Gasteiger partial charge is 0.336 e. The number of amides is 1. The summed E-state index contributed by atoms with van der Waals surface area (Å²) in [6.07, 6.45) is 2.24. The van der Waals surface area contributed by atoms with Crippen molar-refractivity contribution in [2.24, 2.45) is 11.8 Å². The van der Waals surface area contributed by atoms with Crippen molar-refractivity contribution in [2.75, 3.05) is 0 Å². The Hall–Kier alpha value is -3.41. The van der Waals surface area contributed by atoms with Crippen LogP contribution in [0.1, 0.15) is 49.8 Å². The van der Waals surface area contributed by atoms with E-state index < -0.39 is 11.6 Å². The molecule has 1 atom stereocenters. The van der Waals surface area contributed by atoms with Crippen molar-refractivity contribution in [1.29, 1.82) is 0 Å². The summed E-state index contributed by atoms with van der Waals surface area (Å²) in [6, 6.07) is 14.8. The third-order valence-electron chi connectivity index (χ3n) is 6.51. The summed E-state index contributed by atoms with van der Waals surface area (Å²) < 4.78 is 5.49. The van der Waals surface area contributed by atoms with Gasteiger partial charge in [-0.25, -0.2) is 4.79 Å². The van der Waals surface area contributed by atoms with Crippen LogP contribution in [0.15, 0.2) is 57.7 Å². The summed E-state index contributed by atoms with van der Waals surface area (Å²) >= 11 is 0. The molecule has 3 aromatic rings.